The first-order valence-electron chi connectivity index (χ1n) is 17.9. The van der Waals surface area contributed by atoms with E-state index in [0.717, 1.165) is 93.5 Å². The molecule has 53 heavy (non-hydrogen) atoms. The largest absolute Gasteiger partial charge is 0.456 e. The molecule has 0 bridgehead atoms. The fourth-order valence-electron chi connectivity index (χ4n) is 8.00. The number of rotatable bonds is 5. The van der Waals surface area contributed by atoms with Crippen molar-refractivity contribution < 1.29 is 8.83 Å². The van der Waals surface area contributed by atoms with Gasteiger partial charge in [-0.05, 0) is 93.3 Å². The Labute approximate surface area is 304 Å². The second kappa shape index (κ2) is 11.7. The van der Waals surface area contributed by atoms with E-state index in [1.165, 1.54) is 5.56 Å². The quantitative estimate of drug-likeness (QED) is 0.170. The number of fused-ring (bicyclic) bond motifs is 10. The van der Waals surface area contributed by atoms with E-state index >= 15 is 0 Å². The van der Waals surface area contributed by atoms with Gasteiger partial charge in [0.2, 0.25) is 5.89 Å². The number of hydrogen-bond donors (Lipinski definition) is 0. The van der Waals surface area contributed by atoms with E-state index < -0.39 is 0 Å². The lowest BCUT2D eigenvalue weighted by molar-refractivity contribution is 0.623. The molecular formula is C49H30N2O2. The highest BCUT2D eigenvalue weighted by atomic mass is 16.3. The van der Waals surface area contributed by atoms with Gasteiger partial charge in [0.05, 0.1) is 11.1 Å². The minimum atomic E-state index is 0.627. The second-order valence-corrected chi connectivity index (χ2v) is 13.5. The second-order valence-electron chi connectivity index (χ2n) is 13.5. The third kappa shape index (κ3) is 4.73. The van der Waals surface area contributed by atoms with E-state index in [1.807, 2.05) is 42.5 Å². The van der Waals surface area contributed by atoms with Crippen LogP contribution in [0.25, 0.3) is 87.9 Å². The van der Waals surface area contributed by atoms with Crippen LogP contribution in [-0.4, -0.2) is 4.98 Å². The Hall–Kier alpha value is -7.17. The van der Waals surface area contributed by atoms with Gasteiger partial charge in [0.1, 0.15) is 16.7 Å². The van der Waals surface area contributed by atoms with Crippen LogP contribution in [0.3, 0.4) is 0 Å². The molecule has 0 aliphatic heterocycles. The van der Waals surface area contributed by atoms with Crippen molar-refractivity contribution in [3.8, 4) is 22.6 Å². The summed E-state index contributed by atoms with van der Waals surface area (Å²) < 4.78 is 13.0. The highest BCUT2D eigenvalue weighted by Crippen LogP contribution is 2.45. The zero-order chi connectivity index (χ0) is 34.9. The summed E-state index contributed by atoms with van der Waals surface area (Å²) in [6, 6.07) is 63.9. The summed E-state index contributed by atoms with van der Waals surface area (Å²) in [5.74, 6) is 0.627. The summed E-state index contributed by atoms with van der Waals surface area (Å²) >= 11 is 0. The lowest BCUT2D eigenvalue weighted by Gasteiger charge is -2.27. The van der Waals surface area contributed by atoms with Crippen molar-refractivity contribution in [3.63, 3.8) is 0 Å². The van der Waals surface area contributed by atoms with Crippen molar-refractivity contribution >= 4 is 82.4 Å². The average molecular weight is 679 g/mol. The van der Waals surface area contributed by atoms with E-state index in [9.17, 15) is 0 Å². The van der Waals surface area contributed by atoms with Gasteiger partial charge in [-0.3, -0.25) is 0 Å². The maximum absolute atomic E-state index is 6.59. The van der Waals surface area contributed by atoms with Gasteiger partial charge in [0, 0.05) is 33.1 Å². The van der Waals surface area contributed by atoms with E-state index in [0.29, 0.717) is 5.89 Å². The molecule has 0 saturated carbocycles. The van der Waals surface area contributed by atoms with Crippen LogP contribution in [-0.2, 0) is 0 Å². The Morgan fingerprint density at radius 3 is 1.91 bits per heavy atom. The topological polar surface area (TPSA) is 42.4 Å². The zero-order valence-corrected chi connectivity index (χ0v) is 28.5. The van der Waals surface area contributed by atoms with Crippen LogP contribution in [0.4, 0.5) is 17.1 Å². The lowest BCUT2D eigenvalue weighted by atomic mass is 9.95. The highest BCUT2D eigenvalue weighted by molar-refractivity contribution is 6.26. The molecule has 248 valence electrons. The first-order chi connectivity index (χ1) is 26.3. The molecular weight excluding hydrogens is 649 g/mol. The van der Waals surface area contributed by atoms with E-state index in [-0.39, 0.29) is 0 Å². The van der Waals surface area contributed by atoms with E-state index in [1.54, 1.807) is 0 Å². The number of para-hydroxylation sites is 1. The van der Waals surface area contributed by atoms with Crippen molar-refractivity contribution in [1.82, 2.24) is 4.98 Å². The first-order valence-corrected chi connectivity index (χ1v) is 17.9. The number of anilines is 3. The maximum Gasteiger partial charge on any atom is 0.227 e. The standard InChI is InChI=1S/C49H30N2O2/c1-3-11-31(12-4-1)35-15-9-16-37(29-35)51(42-18-10-20-44-47(42)40-17-7-8-19-43(40)52-44)38-26-27-39-36(30-38)24-23-32-21-22-33-25-28-41-48(46(33)45(32)39)53-49(50-41)34-13-5-2-6-14-34/h1-30H. The number of benzene rings is 9. The van der Waals surface area contributed by atoms with Gasteiger partial charge < -0.3 is 13.7 Å². The zero-order valence-electron chi connectivity index (χ0n) is 28.5. The molecule has 0 aliphatic rings. The van der Waals surface area contributed by atoms with Crippen molar-refractivity contribution in [2.75, 3.05) is 4.90 Å². The molecule has 0 spiro atoms. The Morgan fingerprint density at radius 2 is 1.06 bits per heavy atom. The Kier molecular flexibility index (Phi) is 6.52. The van der Waals surface area contributed by atoms with Crippen LogP contribution in [0.5, 0.6) is 0 Å². The summed E-state index contributed by atoms with van der Waals surface area (Å²) in [7, 11) is 0. The molecule has 0 saturated heterocycles. The van der Waals surface area contributed by atoms with Crippen LogP contribution in [0.15, 0.2) is 191 Å². The summed E-state index contributed by atoms with van der Waals surface area (Å²) in [5, 5.41) is 8.98. The molecule has 0 N–H and O–H groups in total. The van der Waals surface area contributed by atoms with Crippen LogP contribution in [0.2, 0.25) is 0 Å². The molecule has 9 aromatic carbocycles. The third-order valence-electron chi connectivity index (χ3n) is 10.4. The monoisotopic (exact) mass is 678 g/mol. The SMILES string of the molecule is c1ccc(-c2cccc(N(c3ccc4c(ccc5ccc6ccc7nc(-c8ccccc8)oc7c6c54)c3)c3cccc4oc5ccccc5c34)c2)cc1. The molecule has 0 amide bonds. The number of furan rings is 1. The Balaban J connectivity index is 1.16. The molecule has 11 aromatic rings. The normalized spacial score (nSPS) is 11.8. The molecule has 2 heterocycles. The number of aromatic nitrogens is 1. The van der Waals surface area contributed by atoms with Crippen molar-refractivity contribution in [2.45, 2.75) is 0 Å². The highest BCUT2D eigenvalue weighted by Gasteiger charge is 2.21. The molecule has 2 aromatic heterocycles. The first kappa shape index (κ1) is 29.5. The van der Waals surface area contributed by atoms with Gasteiger partial charge in [-0.15, -0.1) is 0 Å². The fraction of sp³-hybridized carbons (Fsp3) is 0. The van der Waals surface area contributed by atoms with Gasteiger partial charge >= 0.3 is 0 Å². The molecule has 0 atom stereocenters. The molecule has 4 nitrogen and oxygen atoms in total. The lowest BCUT2D eigenvalue weighted by Crippen LogP contribution is -2.10. The van der Waals surface area contributed by atoms with Crippen LogP contribution >= 0.6 is 0 Å². The molecule has 0 radical (unpaired) electrons. The number of oxazole rings is 1. The van der Waals surface area contributed by atoms with Gasteiger partial charge in [0.25, 0.3) is 0 Å². The van der Waals surface area contributed by atoms with Crippen molar-refractivity contribution in [2.24, 2.45) is 0 Å². The molecule has 0 fully saturated rings. The molecule has 0 aliphatic carbocycles. The van der Waals surface area contributed by atoms with E-state index in [4.69, 9.17) is 13.8 Å². The fourth-order valence-corrected chi connectivity index (χ4v) is 8.00. The Morgan fingerprint density at radius 1 is 0.396 bits per heavy atom. The summed E-state index contributed by atoms with van der Waals surface area (Å²) in [6.45, 7) is 0. The smallest absolute Gasteiger partial charge is 0.227 e. The molecule has 11 rings (SSSR count). The molecule has 4 heteroatoms. The van der Waals surface area contributed by atoms with Gasteiger partial charge in [0.15, 0.2) is 5.58 Å². The maximum atomic E-state index is 6.59. The summed E-state index contributed by atoms with van der Waals surface area (Å²) in [4.78, 5) is 7.28. The third-order valence-corrected chi connectivity index (χ3v) is 10.4. The average Bonchev–Trinajstić information content (AvgIpc) is 3.84. The van der Waals surface area contributed by atoms with Gasteiger partial charge in [-0.2, -0.15) is 0 Å². The number of hydrogen-bond acceptors (Lipinski definition) is 4. The van der Waals surface area contributed by atoms with Crippen LogP contribution in [0.1, 0.15) is 0 Å². The van der Waals surface area contributed by atoms with Crippen LogP contribution in [0, 0.1) is 0 Å². The van der Waals surface area contributed by atoms with Gasteiger partial charge in [-0.1, -0.05) is 121 Å². The molecule has 0 unspecified atom stereocenters. The van der Waals surface area contributed by atoms with Gasteiger partial charge in [-0.25, -0.2) is 4.98 Å². The van der Waals surface area contributed by atoms with Crippen LogP contribution < -0.4 is 4.90 Å². The minimum Gasteiger partial charge on any atom is -0.456 e. The number of nitrogens with zero attached hydrogens (tertiary/aromatic N) is 2. The van der Waals surface area contributed by atoms with Crippen molar-refractivity contribution in [1.29, 1.82) is 0 Å². The van der Waals surface area contributed by atoms with Crippen molar-refractivity contribution in [3.05, 3.63) is 182 Å². The predicted octanol–water partition coefficient (Wildman–Crippen LogP) is 14.0. The van der Waals surface area contributed by atoms with E-state index in [2.05, 4.69) is 144 Å². The summed E-state index contributed by atoms with van der Waals surface area (Å²) in [5.41, 5.74) is 9.85. The summed E-state index contributed by atoms with van der Waals surface area (Å²) in [6.07, 6.45) is 0. The minimum absolute atomic E-state index is 0.627. The Bertz CT molecular complexity index is 3180. The predicted molar refractivity (Wildman–Crippen MR) is 219 cm³/mol.